The third kappa shape index (κ3) is 6.06. The molecule has 0 aromatic heterocycles. The van der Waals surface area contributed by atoms with Gasteiger partial charge < -0.3 is 4.80 Å². The Balaban J connectivity index is 0.000000232. The van der Waals surface area contributed by atoms with Gasteiger partial charge in [-0.1, -0.05) is 81.4 Å². The van der Waals surface area contributed by atoms with Crippen molar-refractivity contribution >= 4 is 36.1 Å². The molecular weight excluding hydrogens is 408 g/mol. The van der Waals surface area contributed by atoms with Gasteiger partial charge in [0.15, 0.2) is 0 Å². The summed E-state index contributed by atoms with van der Waals surface area (Å²) in [5, 5.41) is 2.28. The summed E-state index contributed by atoms with van der Waals surface area (Å²) in [6, 6.07) is 20.2. The van der Waals surface area contributed by atoms with Crippen molar-refractivity contribution in [2.75, 3.05) is 0 Å². The maximum atomic E-state index is 11.4. The van der Waals surface area contributed by atoms with Gasteiger partial charge in [0, 0.05) is 11.3 Å². The lowest BCUT2D eigenvalue weighted by molar-refractivity contribution is -0.121. The predicted octanol–water partition coefficient (Wildman–Crippen LogP) is 5.55. The SMILES string of the molecule is CC(=O)C1CCC(C(C)Cl)CC1.CC(C)(C)[Si](O)(c1ccccc1)c1ccccc1. The van der Waals surface area contributed by atoms with Crippen LogP contribution in [-0.2, 0) is 4.79 Å². The summed E-state index contributed by atoms with van der Waals surface area (Å²) in [6.07, 6.45) is 4.37. The zero-order chi connectivity index (χ0) is 22.4. The van der Waals surface area contributed by atoms with E-state index < -0.39 is 8.32 Å². The molecule has 0 aliphatic heterocycles. The van der Waals surface area contributed by atoms with Crippen LogP contribution in [0, 0.1) is 11.8 Å². The van der Waals surface area contributed by atoms with Crippen LogP contribution in [0.5, 0.6) is 0 Å². The van der Waals surface area contributed by atoms with Crippen LogP contribution >= 0.6 is 11.6 Å². The van der Waals surface area contributed by atoms with Crippen LogP contribution in [0.3, 0.4) is 0 Å². The van der Waals surface area contributed by atoms with Crippen molar-refractivity contribution < 1.29 is 9.59 Å². The second-order valence-electron chi connectivity index (χ2n) is 9.59. The van der Waals surface area contributed by atoms with Crippen LogP contribution in [-0.4, -0.2) is 24.3 Å². The molecule has 30 heavy (non-hydrogen) atoms. The van der Waals surface area contributed by atoms with E-state index in [2.05, 4.69) is 27.7 Å². The largest absolute Gasteiger partial charge is 0.424 e. The molecule has 0 saturated heterocycles. The van der Waals surface area contributed by atoms with Crippen molar-refractivity contribution in [1.82, 2.24) is 0 Å². The van der Waals surface area contributed by atoms with Gasteiger partial charge in [-0.3, -0.25) is 4.79 Å². The van der Waals surface area contributed by atoms with E-state index in [1.165, 1.54) is 0 Å². The molecular formula is C26H37ClO2Si. The molecule has 1 N–H and O–H groups in total. The normalized spacial score (nSPS) is 20.6. The fourth-order valence-corrected chi connectivity index (χ4v) is 8.04. The lowest BCUT2D eigenvalue weighted by Crippen LogP contribution is -2.64. The fraction of sp³-hybridized carbons (Fsp3) is 0.500. The van der Waals surface area contributed by atoms with E-state index in [1.54, 1.807) is 6.92 Å². The summed E-state index contributed by atoms with van der Waals surface area (Å²) in [5.41, 5.74) is 0. The van der Waals surface area contributed by atoms with E-state index in [1.807, 2.05) is 60.7 Å². The number of hydrogen-bond donors (Lipinski definition) is 1. The Morgan fingerprint density at radius 3 is 1.63 bits per heavy atom. The molecule has 2 nitrogen and oxygen atoms in total. The van der Waals surface area contributed by atoms with Crippen molar-refractivity contribution in [3.05, 3.63) is 60.7 Å². The van der Waals surface area contributed by atoms with Crippen LogP contribution in [0.15, 0.2) is 60.7 Å². The van der Waals surface area contributed by atoms with E-state index in [0.717, 1.165) is 36.1 Å². The first-order valence-corrected chi connectivity index (χ1v) is 13.4. The standard InChI is InChI=1S/C16H20OSi.C10H17ClO/c1-16(2,3)18(17,14-10-6-4-7-11-14)15-12-8-5-9-13-15;1-7(11)9-3-5-10(6-4-9)8(2)12/h4-13,17H,1-3H3;7,9-10H,3-6H2,1-2H3. The number of Topliss-reactive ketones (excluding diaryl/α,β-unsaturated/α-hetero) is 1. The zero-order valence-corrected chi connectivity index (χ0v) is 20.8. The summed E-state index contributed by atoms with van der Waals surface area (Å²) >= 11 is 6.00. The molecule has 1 unspecified atom stereocenters. The highest BCUT2D eigenvalue weighted by Gasteiger charge is 2.46. The smallest absolute Gasteiger partial charge is 0.258 e. The molecule has 0 bridgehead atoms. The van der Waals surface area contributed by atoms with Crippen molar-refractivity contribution in [1.29, 1.82) is 0 Å². The van der Waals surface area contributed by atoms with Crippen LogP contribution in [0.25, 0.3) is 0 Å². The number of benzene rings is 2. The number of hydrogen-bond acceptors (Lipinski definition) is 2. The number of halogens is 1. The maximum absolute atomic E-state index is 11.4. The second kappa shape index (κ2) is 10.7. The van der Waals surface area contributed by atoms with Gasteiger partial charge >= 0.3 is 0 Å². The van der Waals surface area contributed by atoms with Gasteiger partial charge in [0.2, 0.25) is 0 Å². The molecule has 164 valence electrons. The van der Waals surface area contributed by atoms with E-state index >= 15 is 0 Å². The lowest BCUT2D eigenvalue weighted by atomic mass is 9.79. The minimum atomic E-state index is -2.70. The molecule has 0 heterocycles. The average Bonchev–Trinajstić information content (AvgIpc) is 2.74. The third-order valence-electron chi connectivity index (χ3n) is 6.46. The van der Waals surface area contributed by atoms with E-state index in [9.17, 15) is 9.59 Å². The number of carbonyl (C=O) groups is 1. The Bertz CT molecular complexity index is 736. The first kappa shape index (κ1) is 24.8. The molecule has 0 radical (unpaired) electrons. The molecule has 0 amide bonds. The van der Waals surface area contributed by atoms with Crippen LogP contribution in [0.2, 0.25) is 5.04 Å². The predicted molar refractivity (Wildman–Crippen MR) is 131 cm³/mol. The minimum absolute atomic E-state index is 0.143. The molecule has 1 aliphatic rings. The Morgan fingerprint density at radius 1 is 0.933 bits per heavy atom. The second-order valence-corrected chi connectivity index (χ2v) is 14.4. The first-order chi connectivity index (χ1) is 14.1. The van der Waals surface area contributed by atoms with E-state index in [0.29, 0.717) is 17.6 Å². The topological polar surface area (TPSA) is 37.3 Å². The molecule has 1 saturated carbocycles. The Kier molecular flexibility index (Phi) is 8.90. The van der Waals surface area contributed by atoms with Gasteiger partial charge in [-0.2, -0.15) is 0 Å². The van der Waals surface area contributed by atoms with Gasteiger partial charge in [0.05, 0.1) is 0 Å². The molecule has 3 rings (SSSR count). The summed E-state index contributed by atoms with van der Waals surface area (Å²) < 4.78 is 0. The summed E-state index contributed by atoms with van der Waals surface area (Å²) in [4.78, 5) is 22.5. The Labute approximate surface area is 188 Å². The van der Waals surface area contributed by atoms with Crippen LogP contribution < -0.4 is 10.4 Å². The summed E-state index contributed by atoms with van der Waals surface area (Å²) in [5.74, 6) is 1.33. The first-order valence-electron chi connectivity index (χ1n) is 11.0. The zero-order valence-electron chi connectivity index (χ0n) is 19.1. The van der Waals surface area contributed by atoms with Crippen molar-refractivity contribution in [3.8, 4) is 0 Å². The lowest BCUT2D eigenvalue weighted by Gasteiger charge is -2.38. The van der Waals surface area contributed by atoms with Gasteiger partial charge in [-0.05, 0) is 60.9 Å². The van der Waals surface area contributed by atoms with E-state index in [-0.39, 0.29) is 10.4 Å². The molecule has 1 aliphatic carbocycles. The molecule has 2 aromatic carbocycles. The summed E-state index contributed by atoms with van der Waals surface area (Å²) in [6.45, 7) is 10.1. The monoisotopic (exact) mass is 444 g/mol. The quantitative estimate of drug-likeness (QED) is 0.496. The van der Waals surface area contributed by atoms with Crippen molar-refractivity contribution in [2.24, 2.45) is 11.8 Å². The fourth-order valence-electron chi connectivity index (χ4n) is 4.38. The molecule has 1 fully saturated rings. The highest BCUT2D eigenvalue weighted by molar-refractivity contribution is 6.98. The molecule has 2 aromatic rings. The van der Waals surface area contributed by atoms with Crippen molar-refractivity contribution in [3.63, 3.8) is 0 Å². The number of carbonyl (C=O) groups excluding carboxylic acids is 1. The van der Waals surface area contributed by atoms with Gasteiger partial charge in [-0.15, -0.1) is 11.6 Å². The molecule has 0 spiro atoms. The number of rotatable bonds is 4. The van der Waals surface area contributed by atoms with Gasteiger partial charge in [0.25, 0.3) is 8.32 Å². The highest BCUT2D eigenvalue weighted by atomic mass is 35.5. The number of alkyl halides is 1. The Morgan fingerprint density at radius 2 is 1.33 bits per heavy atom. The average molecular weight is 445 g/mol. The number of ketones is 1. The van der Waals surface area contributed by atoms with Crippen molar-refractivity contribution in [2.45, 2.75) is 70.7 Å². The minimum Gasteiger partial charge on any atom is -0.424 e. The third-order valence-corrected chi connectivity index (χ3v) is 11.3. The molecule has 1 atom stereocenters. The van der Waals surface area contributed by atoms with Crippen LogP contribution in [0.1, 0.15) is 60.3 Å². The Hall–Kier alpha value is -1.42. The highest BCUT2D eigenvalue weighted by Crippen LogP contribution is 2.34. The maximum Gasteiger partial charge on any atom is 0.258 e. The summed E-state index contributed by atoms with van der Waals surface area (Å²) in [7, 11) is -2.70. The van der Waals surface area contributed by atoms with E-state index in [4.69, 9.17) is 11.6 Å². The van der Waals surface area contributed by atoms with Gasteiger partial charge in [0.1, 0.15) is 5.78 Å². The van der Waals surface area contributed by atoms with Crippen LogP contribution in [0.4, 0.5) is 0 Å². The molecule has 4 heteroatoms. The van der Waals surface area contributed by atoms with Gasteiger partial charge in [-0.25, -0.2) is 0 Å².